The van der Waals surface area contributed by atoms with Crippen LogP contribution in [0.5, 0.6) is 0 Å². The number of thiophene rings is 2. The largest absolute Gasteiger partial charge is 0.336 e. The molecule has 0 N–H and O–H groups in total. The molecule has 0 bridgehead atoms. The first kappa shape index (κ1) is 12.9. The third-order valence-corrected chi connectivity index (χ3v) is 5.14. The Morgan fingerprint density at radius 1 is 1.26 bits per heavy atom. The average Bonchev–Trinajstić information content (AvgIpc) is 3.14. The summed E-state index contributed by atoms with van der Waals surface area (Å²) >= 11 is 3.41. The lowest BCUT2D eigenvalue weighted by Gasteiger charge is -2.24. The van der Waals surface area contributed by atoms with Crippen LogP contribution in [0, 0.1) is 0 Å². The molecule has 1 amide bonds. The molecule has 2 aromatic rings. The van der Waals surface area contributed by atoms with Crippen LogP contribution in [-0.2, 0) is 11.2 Å². The average molecular weight is 291 g/mol. The topological polar surface area (TPSA) is 20.3 Å². The van der Waals surface area contributed by atoms with Crippen molar-refractivity contribution in [1.82, 2.24) is 4.90 Å². The van der Waals surface area contributed by atoms with Crippen molar-refractivity contribution in [3.63, 3.8) is 0 Å². The van der Waals surface area contributed by atoms with Crippen molar-refractivity contribution in [2.24, 2.45) is 0 Å². The minimum absolute atomic E-state index is 0.305. The molecule has 19 heavy (non-hydrogen) atoms. The second kappa shape index (κ2) is 5.88. The zero-order chi connectivity index (χ0) is 13.1. The van der Waals surface area contributed by atoms with Gasteiger partial charge in [-0.1, -0.05) is 0 Å². The molecular weight excluding hydrogens is 274 g/mol. The molecule has 0 aliphatic carbocycles. The SMILES string of the molecule is O=C(CCc1ccsc1)N1CCC[C@H]1c1ccsc1. The van der Waals surface area contributed by atoms with E-state index in [0.717, 1.165) is 25.8 Å². The lowest BCUT2D eigenvalue weighted by Crippen LogP contribution is -2.30. The summed E-state index contributed by atoms with van der Waals surface area (Å²) < 4.78 is 0. The summed E-state index contributed by atoms with van der Waals surface area (Å²) in [4.78, 5) is 14.5. The summed E-state index contributed by atoms with van der Waals surface area (Å²) in [6.45, 7) is 0.920. The Balaban J connectivity index is 1.62. The Hall–Kier alpha value is -1.13. The first-order chi connectivity index (χ1) is 9.34. The summed E-state index contributed by atoms with van der Waals surface area (Å²) in [6.07, 6.45) is 3.75. The number of hydrogen-bond acceptors (Lipinski definition) is 3. The molecule has 0 aromatic carbocycles. The number of hydrogen-bond donors (Lipinski definition) is 0. The summed E-state index contributed by atoms with van der Waals surface area (Å²) in [5, 5.41) is 8.48. The van der Waals surface area contributed by atoms with E-state index in [1.54, 1.807) is 22.7 Å². The van der Waals surface area contributed by atoms with Crippen LogP contribution in [-0.4, -0.2) is 17.4 Å². The van der Waals surface area contributed by atoms with Gasteiger partial charge in [0.25, 0.3) is 0 Å². The predicted octanol–water partition coefficient (Wildman–Crippen LogP) is 4.11. The highest BCUT2D eigenvalue weighted by atomic mass is 32.1. The number of amides is 1. The van der Waals surface area contributed by atoms with Gasteiger partial charge in [-0.05, 0) is 64.0 Å². The highest BCUT2D eigenvalue weighted by Gasteiger charge is 2.29. The van der Waals surface area contributed by atoms with Crippen LogP contribution in [0.15, 0.2) is 33.7 Å². The first-order valence-corrected chi connectivity index (χ1v) is 8.56. The summed E-state index contributed by atoms with van der Waals surface area (Å²) in [7, 11) is 0. The highest BCUT2D eigenvalue weighted by molar-refractivity contribution is 7.08. The van der Waals surface area contributed by atoms with Crippen molar-refractivity contribution in [1.29, 1.82) is 0 Å². The van der Waals surface area contributed by atoms with E-state index in [1.165, 1.54) is 11.1 Å². The molecule has 2 aromatic heterocycles. The van der Waals surface area contributed by atoms with Gasteiger partial charge < -0.3 is 4.90 Å². The lowest BCUT2D eigenvalue weighted by atomic mass is 10.1. The Kier molecular flexibility index (Phi) is 3.99. The smallest absolute Gasteiger partial charge is 0.223 e. The molecule has 1 aliphatic heterocycles. The van der Waals surface area contributed by atoms with Crippen LogP contribution in [0.25, 0.3) is 0 Å². The zero-order valence-corrected chi connectivity index (χ0v) is 12.4. The fourth-order valence-electron chi connectivity index (χ4n) is 2.71. The Labute approximate surface area is 121 Å². The molecule has 0 saturated carbocycles. The maximum atomic E-state index is 12.4. The van der Waals surface area contributed by atoms with Crippen molar-refractivity contribution in [2.45, 2.75) is 31.7 Å². The lowest BCUT2D eigenvalue weighted by molar-refractivity contribution is -0.132. The molecule has 1 aliphatic rings. The number of aryl methyl sites for hydroxylation is 1. The number of nitrogens with zero attached hydrogens (tertiary/aromatic N) is 1. The van der Waals surface area contributed by atoms with Crippen molar-refractivity contribution < 1.29 is 4.79 Å². The Morgan fingerprint density at radius 2 is 2.11 bits per heavy atom. The third kappa shape index (κ3) is 2.90. The number of rotatable bonds is 4. The fourth-order valence-corrected chi connectivity index (χ4v) is 4.12. The van der Waals surface area contributed by atoms with Gasteiger partial charge in [-0.2, -0.15) is 22.7 Å². The van der Waals surface area contributed by atoms with Gasteiger partial charge in [0.1, 0.15) is 0 Å². The van der Waals surface area contributed by atoms with Gasteiger partial charge in [-0.25, -0.2) is 0 Å². The quantitative estimate of drug-likeness (QED) is 0.830. The van der Waals surface area contributed by atoms with E-state index in [-0.39, 0.29) is 0 Å². The molecule has 3 heterocycles. The second-order valence-electron chi connectivity index (χ2n) is 4.93. The Morgan fingerprint density at radius 3 is 2.84 bits per heavy atom. The molecule has 100 valence electrons. The second-order valence-corrected chi connectivity index (χ2v) is 6.49. The zero-order valence-electron chi connectivity index (χ0n) is 10.7. The highest BCUT2D eigenvalue weighted by Crippen LogP contribution is 2.33. The molecule has 3 rings (SSSR count). The van der Waals surface area contributed by atoms with E-state index < -0.39 is 0 Å². The van der Waals surface area contributed by atoms with Gasteiger partial charge in [0.15, 0.2) is 0 Å². The Bertz CT molecular complexity index is 518. The van der Waals surface area contributed by atoms with Crippen LogP contribution in [0.3, 0.4) is 0 Å². The van der Waals surface area contributed by atoms with Crippen LogP contribution >= 0.6 is 22.7 Å². The molecule has 1 atom stereocenters. The number of carbonyl (C=O) groups excluding carboxylic acids is 1. The summed E-state index contributed by atoms with van der Waals surface area (Å²) in [5.41, 5.74) is 2.59. The van der Waals surface area contributed by atoms with Gasteiger partial charge >= 0.3 is 0 Å². The van der Waals surface area contributed by atoms with Crippen molar-refractivity contribution in [2.75, 3.05) is 6.54 Å². The predicted molar refractivity (Wildman–Crippen MR) is 80.6 cm³/mol. The first-order valence-electron chi connectivity index (χ1n) is 6.67. The standard InChI is InChI=1S/C15H17NOS2/c17-15(4-3-12-5-8-18-10-12)16-7-1-2-14(16)13-6-9-19-11-13/h5-6,8-11,14H,1-4,7H2/t14-/m0/s1. The van der Waals surface area contributed by atoms with E-state index in [1.807, 2.05) is 0 Å². The van der Waals surface area contributed by atoms with Gasteiger partial charge in [0.2, 0.25) is 5.91 Å². The summed E-state index contributed by atoms with van der Waals surface area (Å²) in [5.74, 6) is 0.305. The molecule has 0 spiro atoms. The van der Waals surface area contributed by atoms with Crippen LogP contribution in [0.1, 0.15) is 36.4 Å². The molecule has 2 nitrogen and oxygen atoms in total. The van der Waals surface area contributed by atoms with Crippen LogP contribution in [0.2, 0.25) is 0 Å². The van der Waals surface area contributed by atoms with Gasteiger partial charge in [0.05, 0.1) is 6.04 Å². The minimum atomic E-state index is 0.305. The fraction of sp³-hybridized carbons (Fsp3) is 0.400. The molecule has 1 saturated heterocycles. The van der Waals surface area contributed by atoms with Crippen LogP contribution < -0.4 is 0 Å². The van der Waals surface area contributed by atoms with E-state index in [4.69, 9.17) is 0 Å². The summed E-state index contributed by atoms with van der Waals surface area (Å²) in [6, 6.07) is 4.58. The molecule has 1 fully saturated rings. The van der Waals surface area contributed by atoms with E-state index in [0.29, 0.717) is 18.4 Å². The molecule has 4 heteroatoms. The van der Waals surface area contributed by atoms with E-state index >= 15 is 0 Å². The van der Waals surface area contributed by atoms with Gasteiger partial charge in [0, 0.05) is 13.0 Å². The molecule has 0 radical (unpaired) electrons. The van der Waals surface area contributed by atoms with Crippen molar-refractivity contribution in [3.05, 3.63) is 44.8 Å². The van der Waals surface area contributed by atoms with Gasteiger partial charge in [-0.15, -0.1) is 0 Å². The monoisotopic (exact) mass is 291 g/mol. The van der Waals surface area contributed by atoms with Crippen molar-refractivity contribution >= 4 is 28.6 Å². The van der Waals surface area contributed by atoms with E-state index in [2.05, 4.69) is 38.6 Å². The molecule has 0 unspecified atom stereocenters. The number of likely N-dealkylation sites (tertiary alicyclic amines) is 1. The maximum absolute atomic E-state index is 12.4. The normalized spacial score (nSPS) is 18.9. The number of carbonyl (C=O) groups is 1. The third-order valence-electron chi connectivity index (χ3n) is 3.71. The molecular formula is C15H17NOS2. The maximum Gasteiger partial charge on any atom is 0.223 e. The van der Waals surface area contributed by atoms with E-state index in [9.17, 15) is 4.79 Å². The minimum Gasteiger partial charge on any atom is -0.336 e. The van der Waals surface area contributed by atoms with Crippen molar-refractivity contribution in [3.8, 4) is 0 Å². The van der Waals surface area contributed by atoms with Crippen LogP contribution in [0.4, 0.5) is 0 Å². The van der Waals surface area contributed by atoms with Gasteiger partial charge in [-0.3, -0.25) is 4.79 Å².